The number of hydrogen-bond acceptors (Lipinski definition) is 2. The molecule has 0 aliphatic rings. The molecule has 2 nitrogen and oxygen atoms in total. The Kier molecular flexibility index (Phi) is 8.07. The number of nitrogens with zero attached hydrogens (tertiary/aromatic N) is 1. The van der Waals surface area contributed by atoms with Crippen LogP contribution in [0.25, 0.3) is 0 Å². The van der Waals surface area contributed by atoms with Crippen molar-refractivity contribution in [2.24, 2.45) is 11.7 Å². The van der Waals surface area contributed by atoms with Crippen LogP contribution in [0, 0.1) is 5.92 Å². The molecular weight excluding hydrogens is 184 g/mol. The summed E-state index contributed by atoms with van der Waals surface area (Å²) < 4.78 is 0. The molecule has 0 aromatic carbocycles. The van der Waals surface area contributed by atoms with Crippen LogP contribution in [0.1, 0.15) is 53.9 Å². The van der Waals surface area contributed by atoms with Crippen molar-refractivity contribution in [1.82, 2.24) is 4.90 Å². The first-order valence-electron chi connectivity index (χ1n) is 6.52. The lowest BCUT2D eigenvalue weighted by molar-refractivity contribution is 0.167. The molecule has 0 rings (SSSR count). The normalized spacial score (nSPS) is 17.8. The zero-order valence-corrected chi connectivity index (χ0v) is 11.3. The topological polar surface area (TPSA) is 29.3 Å². The third-order valence-corrected chi connectivity index (χ3v) is 3.43. The molecule has 0 saturated carbocycles. The maximum Gasteiger partial charge on any atom is 0.00644 e. The summed E-state index contributed by atoms with van der Waals surface area (Å²) in [6.45, 7) is 13.6. The highest BCUT2D eigenvalue weighted by Gasteiger charge is 2.16. The van der Waals surface area contributed by atoms with E-state index in [9.17, 15) is 0 Å². The monoisotopic (exact) mass is 214 g/mol. The van der Waals surface area contributed by atoms with Crippen molar-refractivity contribution in [3.05, 3.63) is 0 Å². The van der Waals surface area contributed by atoms with Gasteiger partial charge in [0.25, 0.3) is 0 Å². The van der Waals surface area contributed by atoms with Gasteiger partial charge in [-0.25, -0.2) is 0 Å². The molecule has 0 fully saturated rings. The van der Waals surface area contributed by atoms with Gasteiger partial charge in [0.15, 0.2) is 0 Å². The van der Waals surface area contributed by atoms with E-state index in [2.05, 4.69) is 39.5 Å². The molecule has 0 aromatic rings. The fraction of sp³-hybridized carbons (Fsp3) is 1.00. The van der Waals surface area contributed by atoms with E-state index in [1.54, 1.807) is 0 Å². The molecule has 0 spiro atoms. The van der Waals surface area contributed by atoms with Crippen LogP contribution >= 0.6 is 0 Å². The van der Waals surface area contributed by atoms with Crippen LogP contribution < -0.4 is 5.73 Å². The lowest BCUT2D eigenvalue weighted by Crippen LogP contribution is -2.41. The van der Waals surface area contributed by atoms with Gasteiger partial charge < -0.3 is 10.6 Å². The fourth-order valence-corrected chi connectivity index (χ4v) is 1.65. The van der Waals surface area contributed by atoms with E-state index < -0.39 is 0 Å². The largest absolute Gasteiger partial charge is 0.328 e. The van der Waals surface area contributed by atoms with E-state index in [4.69, 9.17) is 5.73 Å². The van der Waals surface area contributed by atoms with Crippen LogP contribution in [0.5, 0.6) is 0 Å². The molecule has 0 aromatic heterocycles. The molecular formula is C13H30N2. The first-order chi connectivity index (χ1) is 7.02. The second kappa shape index (κ2) is 8.12. The van der Waals surface area contributed by atoms with Crippen molar-refractivity contribution in [3.63, 3.8) is 0 Å². The molecule has 0 radical (unpaired) electrons. The van der Waals surface area contributed by atoms with Gasteiger partial charge >= 0.3 is 0 Å². The predicted octanol–water partition coefficient (Wildman–Crippen LogP) is 2.87. The molecule has 3 unspecified atom stereocenters. The van der Waals surface area contributed by atoms with Gasteiger partial charge in [0.2, 0.25) is 0 Å². The molecule has 15 heavy (non-hydrogen) atoms. The lowest BCUT2D eigenvalue weighted by Gasteiger charge is -2.32. The lowest BCUT2D eigenvalue weighted by atomic mass is 10.0. The van der Waals surface area contributed by atoms with Crippen LogP contribution in [-0.4, -0.2) is 30.1 Å². The third-order valence-electron chi connectivity index (χ3n) is 3.43. The van der Waals surface area contributed by atoms with E-state index in [1.165, 1.54) is 25.8 Å². The van der Waals surface area contributed by atoms with Crippen LogP contribution in [0.4, 0.5) is 0 Å². The Morgan fingerprint density at radius 1 is 1.13 bits per heavy atom. The van der Waals surface area contributed by atoms with Crippen LogP contribution in [0.3, 0.4) is 0 Å². The van der Waals surface area contributed by atoms with E-state index in [0.29, 0.717) is 18.0 Å². The Morgan fingerprint density at radius 2 is 1.73 bits per heavy atom. The Morgan fingerprint density at radius 3 is 2.13 bits per heavy atom. The SMILES string of the molecule is CCCCN(CC(C)C(C)N)C(C)CC. The van der Waals surface area contributed by atoms with Gasteiger partial charge in [-0.1, -0.05) is 27.2 Å². The maximum absolute atomic E-state index is 5.93. The zero-order valence-electron chi connectivity index (χ0n) is 11.3. The summed E-state index contributed by atoms with van der Waals surface area (Å²) in [4.78, 5) is 2.59. The smallest absolute Gasteiger partial charge is 0.00644 e. The average Bonchev–Trinajstić information content (AvgIpc) is 2.22. The highest BCUT2D eigenvalue weighted by Crippen LogP contribution is 2.11. The van der Waals surface area contributed by atoms with Crippen molar-refractivity contribution in [1.29, 1.82) is 0 Å². The maximum atomic E-state index is 5.93. The van der Waals surface area contributed by atoms with Gasteiger partial charge in [0, 0.05) is 18.6 Å². The Labute approximate surface area is 96.2 Å². The number of hydrogen-bond donors (Lipinski definition) is 1. The number of unbranched alkanes of at least 4 members (excludes halogenated alkanes) is 1. The minimum atomic E-state index is 0.304. The van der Waals surface area contributed by atoms with Gasteiger partial charge in [-0.05, 0) is 39.2 Å². The molecule has 0 amide bonds. The molecule has 0 bridgehead atoms. The van der Waals surface area contributed by atoms with Crippen LogP contribution in [-0.2, 0) is 0 Å². The molecule has 3 atom stereocenters. The standard InChI is InChI=1S/C13H30N2/c1-6-8-9-15(12(4)7-2)10-11(3)13(5)14/h11-13H,6-10,14H2,1-5H3. The first-order valence-corrected chi connectivity index (χ1v) is 6.52. The summed E-state index contributed by atoms with van der Waals surface area (Å²) >= 11 is 0. The van der Waals surface area contributed by atoms with Gasteiger partial charge in [0.05, 0.1) is 0 Å². The van der Waals surface area contributed by atoms with Crippen LogP contribution in [0.15, 0.2) is 0 Å². The fourth-order valence-electron chi connectivity index (χ4n) is 1.65. The van der Waals surface area contributed by atoms with Gasteiger partial charge in [0.1, 0.15) is 0 Å². The van der Waals surface area contributed by atoms with Crippen molar-refractivity contribution in [3.8, 4) is 0 Å². The minimum absolute atomic E-state index is 0.304. The molecule has 2 N–H and O–H groups in total. The Balaban J connectivity index is 4.11. The van der Waals surface area contributed by atoms with E-state index in [1.807, 2.05) is 0 Å². The molecule has 92 valence electrons. The first kappa shape index (κ1) is 14.9. The summed E-state index contributed by atoms with van der Waals surface area (Å²) in [7, 11) is 0. The van der Waals surface area contributed by atoms with E-state index in [0.717, 1.165) is 6.54 Å². The third kappa shape index (κ3) is 6.16. The second-order valence-corrected chi connectivity index (χ2v) is 4.94. The number of nitrogens with two attached hydrogens (primary N) is 1. The minimum Gasteiger partial charge on any atom is -0.328 e. The molecule has 0 saturated heterocycles. The summed E-state index contributed by atoms with van der Waals surface area (Å²) in [5, 5.41) is 0. The van der Waals surface area contributed by atoms with Crippen LogP contribution in [0.2, 0.25) is 0 Å². The molecule has 0 heterocycles. The van der Waals surface area contributed by atoms with Gasteiger partial charge in [-0.2, -0.15) is 0 Å². The molecule has 0 aliphatic carbocycles. The van der Waals surface area contributed by atoms with Crippen molar-refractivity contribution < 1.29 is 0 Å². The van der Waals surface area contributed by atoms with Crippen molar-refractivity contribution in [2.45, 2.75) is 66.0 Å². The highest BCUT2D eigenvalue weighted by atomic mass is 15.1. The summed E-state index contributed by atoms with van der Waals surface area (Å²) in [5.74, 6) is 0.593. The summed E-state index contributed by atoms with van der Waals surface area (Å²) in [6, 6.07) is 0.996. The highest BCUT2D eigenvalue weighted by molar-refractivity contribution is 4.73. The predicted molar refractivity (Wildman–Crippen MR) is 69.0 cm³/mol. The quantitative estimate of drug-likeness (QED) is 0.673. The van der Waals surface area contributed by atoms with Crippen molar-refractivity contribution >= 4 is 0 Å². The van der Waals surface area contributed by atoms with Gasteiger partial charge in [-0.3, -0.25) is 0 Å². The summed E-state index contributed by atoms with van der Waals surface area (Å²) in [6.07, 6.45) is 3.81. The van der Waals surface area contributed by atoms with Gasteiger partial charge in [-0.15, -0.1) is 0 Å². The zero-order chi connectivity index (χ0) is 11.8. The Bertz CT molecular complexity index is 145. The van der Waals surface area contributed by atoms with E-state index >= 15 is 0 Å². The second-order valence-electron chi connectivity index (χ2n) is 4.94. The van der Waals surface area contributed by atoms with E-state index in [-0.39, 0.29) is 0 Å². The average molecular weight is 214 g/mol. The molecule has 0 aliphatic heterocycles. The summed E-state index contributed by atoms with van der Waals surface area (Å²) in [5.41, 5.74) is 5.93. The van der Waals surface area contributed by atoms with Crippen molar-refractivity contribution in [2.75, 3.05) is 13.1 Å². The number of rotatable bonds is 8. The molecule has 2 heteroatoms. The Hall–Kier alpha value is -0.0800.